The Kier molecular flexibility index (Phi) is 4.90. The number of likely N-dealkylation sites (tertiary alicyclic amines) is 1. The second kappa shape index (κ2) is 5.72. The van der Waals surface area contributed by atoms with Crippen LogP contribution in [0.5, 0.6) is 0 Å². The van der Waals surface area contributed by atoms with Gasteiger partial charge in [0, 0.05) is 25.7 Å². The van der Waals surface area contributed by atoms with Gasteiger partial charge in [-0.3, -0.25) is 4.90 Å². The summed E-state index contributed by atoms with van der Waals surface area (Å²) in [6, 6.07) is 0.657. The van der Waals surface area contributed by atoms with Crippen LogP contribution < -0.4 is 5.73 Å². The molecule has 0 bridgehead atoms. The van der Waals surface area contributed by atoms with E-state index in [1.54, 1.807) is 0 Å². The third-order valence-electron chi connectivity index (χ3n) is 3.56. The third kappa shape index (κ3) is 2.96. The highest BCUT2D eigenvalue weighted by Crippen LogP contribution is 2.26. The molecule has 1 unspecified atom stereocenters. The highest BCUT2D eigenvalue weighted by Gasteiger charge is 2.32. The van der Waals surface area contributed by atoms with Crippen molar-refractivity contribution in [3.63, 3.8) is 0 Å². The van der Waals surface area contributed by atoms with Crippen molar-refractivity contribution in [1.29, 1.82) is 0 Å². The molecular formula is C12H26N2. The van der Waals surface area contributed by atoms with Crippen LogP contribution in [0.15, 0.2) is 0 Å². The van der Waals surface area contributed by atoms with Crippen LogP contribution in [0.2, 0.25) is 0 Å². The highest BCUT2D eigenvalue weighted by atomic mass is 15.2. The Hall–Kier alpha value is -0.0800. The first-order valence-corrected chi connectivity index (χ1v) is 6.13. The highest BCUT2D eigenvalue weighted by molar-refractivity contribution is 4.87. The molecule has 0 aromatic carbocycles. The van der Waals surface area contributed by atoms with Crippen LogP contribution in [-0.4, -0.2) is 30.6 Å². The van der Waals surface area contributed by atoms with Crippen LogP contribution in [-0.2, 0) is 0 Å². The van der Waals surface area contributed by atoms with E-state index in [2.05, 4.69) is 25.7 Å². The Morgan fingerprint density at radius 2 is 2.00 bits per heavy atom. The fourth-order valence-corrected chi connectivity index (χ4v) is 2.16. The van der Waals surface area contributed by atoms with Gasteiger partial charge in [-0.05, 0) is 18.3 Å². The van der Waals surface area contributed by atoms with Gasteiger partial charge in [-0.15, -0.1) is 0 Å². The van der Waals surface area contributed by atoms with Gasteiger partial charge in [0.2, 0.25) is 0 Å². The number of hydrogen-bond donors (Lipinski definition) is 1. The zero-order valence-corrected chi connectivity index (χ0v) is 10.00. The minimum atomic E-state index is 0.657. The molecule has 0 aromatic rings. The first-order valence-electron chi connectivity index (χ1n) is 6.13. The van der Waals surface area contributed by atoms with Crippen LogP contribution >= 0.6 is 0 Å². The van der Waals surface area contributed by atoms with E-state index in [0.29, 0.717) is 6.04 Å². The molecule has 0 radical (unpaired) electrons. The molecule has 0 aromatic heterocycles. The lowest BCUT2D eigenvalue weighted by molar-refractivity contribution is 0.0268. The molecule has 0 spiro atoms. The zero-order chi connectivity index (χ0) is 10.6. The van der Waals surface area contributed by atoms with Crippen molar-refractivity contribution in [2.45, 2.75) is 46.1 Å². The van der Waals surface area contributed by atoms with Crippen molar-refractivity contribution >= 4 is 0 Å². The first-order chi connectivity index (χ1) is 6.69. The van der Waals surface area contributed by atoms with E-state index in [1.807, 2.05) is 0 Å². The normalized spacial score (nSPS) is 21.2. The SMILES string of the molecule is CCCCC(CN)N1CC(C(C)C)C1. The van der Waals surface area contributed by atoms with E-state index < -0.39 is 0 Å². The van der Waals surface area contributed by atoms with Gasteiger partial charge in [0.15, 0.2) is 0 Å². The maximum atomic E-state index is 5.80. The number of hydrogen-bond acceptors (Lipinski definition) is 2. The summed E-state index contributed by atoms with van der Waals surface area (Å²) < 4.78 is 0. The third-order valence-corrected chi connectivity index (χ3v) is 3.56. The van der Waals surface area contributed by atoms with Gasteiger partial charge in [-0.2, -0.15) is 0 Å². The van der Waals surface area contributed by atoms with Crippen LogP contribution in [0.25, 0.3) is 0 Å². The Morgan fingerprint density at radius 3 is 2.43 bits per heavy atom. The monoisotopic (exact) mass is 198 g/mol. The number of unbranched alkanes of at least 4 members (excludes halogenated alkanes) is 1. The van der Waals surface area contributed by atoms with Crippen molar-refractivity contribution in [3.8, 4) is 0 Å². The molecule has 2 N–H and O–H groups in total. The van der Waals surface area contributed by atoms with Gasteiger partial charge in [0.05, 0.1) is 0 Å². The molecule has 14 heavy (non-hydrogen) atoms. The van der Waals surface area contributed by atoms with E-state index >= 15 is 0 Å². The summed E-state index contributed by atoms with van der Waals surface area (Å²) in [4.78, 5) is 2.57. The molecule has 1 fully saturated rings. The molecule has 2 heteroatoms. The Balaban J connectivity index is 2.21. The van der Waals surface area contributed by atoms with Crippen LogP contribution in [0.1, 0.15) is 40.0 Å². The molecule has 1 saturated heterocycles. The number of nitrogens with zero attached hydrogens (tertiary/aromatic N) is 1. The summed E-state index contributed by atoms with van der Waals surface area (Å²) in [5.41, 5.74) is 5.80. The molecule has 2 nitrogen and oxygen atoms in total. The first kappa shape index (κ1) is 12.0. The average Bonchev–Trinajstić information content (AvgIpc) is 2.07. The van der Waals surface area contributed by atoms with Gasteiger partial charge >= 0.3 is 0 Å². The average molecular weight is 198 g/mol. The second-order valence-electron chi connectivity index (χ2n) is 4.99. The Bertz CT molecular complexity index is 150. The summed E-state index contributed by atoms with van der Waals surface area (Å²) in [5.74, 6) is 1.77. The molecule has 0 saturated carbocycles. The smallest absolute Gasteiger partial charge is 0.0218 e. The van der Waals surface area contributed by atoms with Crippen LogP contribution in [0.4, 0.5) is 0 Å². The van der Waals surface area contributed by atoms with Crippen molar-refractivity contribution < 1.29 is 0 Å². The summed E-state index contributed by atoms with van der Waals surface area (Å²) in [5, 5.41) is 0. The maximum Gasteiger partial charge on any atom is 0.0218 e. The lowest BCUT2D eigenvalue weighted by atomic mass is 9.86. The van der Waals surface area contributed by atoms with Crippen molar-refractivity contribution in [1.82, 2.24) is 4.90 Å². The van der Waals surface area contributed by atoms with Crippen molar-refractivity contribution in [2.75, 3.05) is 19.6 Å². The van der Waals surface area contributed by atoms with Crippen molar-refractivity contribution in [2.24, 2.45) is 17.6 Å². The van der Waals surface area contributed by atoms with Crippen LogP contribution in [0, 0.1) is 11.8 Å². The van der Waals surface area contributed by atoms with E-state index in [-0.39, 0.29) is 0 Å². The van der Waals surface area contributed by atoms with Gasteiger partial charge < -0.3 is 5.73 Å². The quantitative estimate of drug-likeness (QED) is 0.708. The minimum absolute atomic E-state index is 0.657. The molecule has 1 aliphatic heterocycles. The standard InChI is InChI=1S/C12H26N2/c1-4-5-6-12(7-13)14-8-11(9-14)10(2)3/h10-12H,4-9,13H2,1-3H3. The summed E-state index contributed by atoms with van der Waals surface area (Å²) in [6.07, 6.45) is 3.90. The predicted octanol–water partition coefficient (Wildman–Crippen LogP) is 2.09. The van der Waals surface area contributed by atoms with E-state index in [0.717, 1.165) is 18.4 Å². The topological polar surface area (TPSA) is 29.3 Å². The molecular weight excluding hydrogens is 172 g/mol. The molecule has 0 aliphatic carbocycles. The lowest BCUT2D eigenvalue weighted by Gasteiger charge is -2.46. The van der Waals surface area contributed by atoms with E-state index in [4.69, 9.17) is 5.73 Å². The van der Waals surface area contributed by atoms with Crippen molar-refractivity contribution in [3.05, 3.63) is 0 Å². The zero-order valence-electron chi connectivity index (χ0n) is 10.00. The molecule has 0 amide bonds. The van der Waals surface area contributed by atoms with E-state index in [9.17, 15) is 0 Å². The van der Waals surface area contributed by atoms with Gasteiger partial charge in [-0.25, -0.2) is 0 Å². The number of rotatable bonds is 6. The Morgan fingerprint density at radius 1 is 1.36 bits per heavy atom. The summed E-state index contributed by atoms with van der Waals surface area (Å²) >= 11 is 0. The largest absolute Gasteiger partial charge is 0.329 e. The van der Waals surface area contributed by atoms with Crippen LogP contribution in [0.3, 0.4) is 0 Å². The summed E-state index contributed by atoms with van der Waals surface area (Å²) in [7, 11) is 0. The second-order valence-corrected chi connectivity index (χ2v) is 4.99. The minimum Gasteiger partial charge on any atom is -0.329 e. The number of nitrogens with two attached hydrogens (primary N) is 1. The van der Waals surface area contributed by atoms with Gasteiger partial charge in [-0.1, -0.05) is 33.6 Å². The van der Waals surface area contributed by atoms with Gasteiger partial charge in [0.25, 0.3) is 0 Å². The summed E-state index contributed by atoms with van der Waals surface area (Å²) in [6.45, 7) is 10.3. The maximum absolute atomic E-state index is 5.80. The Labute approximate surface area is 88.8 Å². The predicted molar refractivity (Wildman–Crippen MR) is 62.3 cm³/mol. The molecule has 1 heterocycles. The lowest BCUT2D eigenvalue weighted by Crippen LogP contribution is -2.55. The molecule has 1 rings (SSSR count). The fraction of sp³-hybridized carbons (Fsp3) is 1.00. The molecule has 84 valence electrons. The van der Waals surface area contributed by atoms with Gasteiger partial charge in [0.1, 0.15) is 0 Å². The molecule has 1 aliphatic rings. The fourth-order valence-electron chi connectivity index (χ4n) is 2.16. The molecule has 1 atom stereocenters. The van der Waals surface area contributed by atoms with E-state index in [1.165, 1.54) is 32.4 Å².